The van der Waals surface area contributed by atoms with Crippen molar-refractivity contribution in [1.82, 2.24) is 15.1 Å². The van der Waals surface area contributed by atoms with Crippen molar-refractivity contribution in [2.45, 2.75) is 27.2 Å². The first-order valence-electron chi connectivity index (χ1n) is 12.8. The van der Waals surface area contributed by atoms with Gasteiger partial charge >= 0.3 is 0 Å². The number of amides is 3. The van der Waals surface area contributed by atoms with Crippen molar-refractivity contribution in [1.29, 1.82) is 0 Å². The highest BCUT2D eigenvalue weighted by atomic mass is 19.1. The SMILES string of the molecule is CC(C)(C)CC(=O)Nc1cc(C(=O)N2CCNCC2)ccc1N1CCN(C(=O)c2cccc(F)c2)CC1. The van der Waals surface area contributed by atoms with E-state index < -0.39 is 5.82 Å². The summed E-state index contributed by atoms with van der Waals surface area (Å²) in [7, 11) is 0. The summed E-state index contributed by atoms with van der Waals surface area (Å²) < 4.78 is 13.6. The lowest BCUT2D eigenvalue weighted by Crippen LogP contribution is -2.49. The molecule has 0 saturated carbocycles. The Bertz CT molecular complexity index is 1150. The molecule has 4 rings (SSSR count). The summed E-state index contributed by atoms with van der Waals surface area (Å²) in [5, 5.41) is 6.30. The van der Waals surface area contributed by atoms with Gasteiger partial charge in [0.25, 0.3) is 11.8 Å². The van der Waals surface area contributed by atoms with E-state index in [1.165, 1.54) is 18.2 Å². The molecule has 2 fully saturated rings. The van der Waals surface area contributed by atoms with Gasteiger partial charge in [-0.1, -0.05) is 26.8 Å². The highest BCUT2D eigenvalue weighted by Gasteiger charge is 2.26. The Morgan fingerprint density at radius 2 is 1.49 bits per heavy atom. The van der Waals surface area contributed by atoms with Crippen LogP contribution in [0, 0.1) is 11.2 Å². The van der Waals surface area contributed by atoms with Gasteiger partial charge in [-0.2, -0.15) is 0 Å². The quantitative estimate of drug-likeness (QED) is 0.647. The minimum Gasteiger partial charge on any atom is -0.366 e. The van der Waals surface area contributed by atoms with E-state index in [2.05, 4.69) is 15.5 Å². The van der Waals surface area contributed by atoms with Crippen molar-refractivity contribution in [2.24, 2.45) is 5.41 Å². The maximum atomic E-state index is 13.6. The Morgan fingerprint density at radius 1 is 0.865 bits per heavy atom. The van der Waals surface area contributed by atoms with Gasteiger partial charge in [-0.05, 0) is 41.8 Å². The summed E-state index contributed by atoms with van der Waals surface area (Å²) in [4.78, 5) is 44.5. The fourth-order valence-corrected chi connectivity index (χ4v) is 4.73. The van der Waals surface area contributed by atoms with Gasteiger partial charge in [0.2, 0.25) is 5.91 Å². The van der Waals surface area contributed by atoms with Gasteiger partial charge in [0.05, 0.1) is 11.4 Å². The number of carbonyl (C=O) groups is 3. The lowest BCUT2D eigenvalue weighted by Gasteiger charge is -2.37. The molecule has 0 unspecified atom stereocenters. The van der Waals surface area contributed by atoms with Crippen molar-refractivity contribution in [2.75, 3.05) is 62.6 Å². The molecule has 2 saturated heterocycles. The molecule has 37 heavy (non-hydrogen) atoms. The molecule has 2 aliphatic rings. The number of piperazine rings is 2. The fourth-order valence-electron chi connectivity index (χ4n) is 4.73. The molecule has 2 aromatic rings. The first-order valence-corrected chi connectivity index (χ1v) is 12.8. The first kappa shape index (κ1) is 26.6. The second kappa shape index (κ2) is 11.3. The van der Waals surface area contributed by atoms with Gasteiger partial charge in [-0.25, -0.2) is 4.39 Å². The molecule has 2 aromatic carbocycles. The van der Waals surface area contributed by atoms with Gasteiger partial charge in [-0.15, -0.1) is 0 Å². The molecule has 0 aromatic heterocycles. The molecular formula is C28H36FN5O3. The monoisotopic (exact) mass is 509 g/mol. The zero-order valence-electron chi connectivity index (χ0n) is 21.8. The Labute approximate surface area is 217 Å². The number of halogens is 1. The summed E-state index contributed by atoms with van der Waals surface area (Å²) in [6.07, 6.45) is 0.346. The van der Waals surface area contributed by atoms with E-state index in [9.17, 15) is 18.8 Å². The van der Waals surface area contributed by atoms with E-state index in [0.717, 1.165) is 18.8 Å². The number of carbonyl (C=O) groups excluding carboxylic acids is 3. The van der Waals surface area contributed by atoms with E-state index in [1.807, 2.05) is 37.8 Å². The van der Waals surface area contributed by atoms with E-state index in [4.69, 9.17) is 0 Å². The number of hydrogen-bond donors (Lipinski definition) is 2. The molecule has 2 heterocycles. The average molecular weight is 510 g/mol. The summed E-state index contributed by atoms with van der Waals surface area (Å²) in [6, 6.07) is 11.2. The van der Waals surface area contributed by atoms with E-state index in [-0.39, 0.29) is 23.1 Å². The minimum absolute atomic E-state index is 0.0510. The van der Waals surface area contributed by atoms with Crippen LogP contribution in [0.1, 0.15) is 47.9 Å². The lowest BCUT2D eigenvalue weighted by atomic mass is 9.92. The molecule has 0 atom stereocenters. The maximum Gasteiger partial charge on any atom is 0.254 e. The molecule has 0 spiro atoms. The minimum atomic E-state index is -0.435. The molecule has 2 N–H and O–H groups in total. The highest BCUT2D eigenvalue weighted by molar-refractivity contribution is 6.00. The van der Waals surface area contributed by atoms with Gasteiger partial charge in [0, 0.05) is 69.9 Å². The van der Waals surface area contributed by atoms with Crippen LogP contribution in [0.5, 0.6) is 0 Å². The van der Waals surface area contributed by atoms with E-state index >= 15 is 0 Å². The molecular weight excluding hydrogens is 473 g/mol. The van der Waals surface area contributed by atoms with Gasteiger partial charge in [0.15, 0.2) is 0 Å². The van der Waals surface area contributed by atoms with Crippen molar-refractivity contribution >= 4 is 29.1 Å². The Hall–Kier alpha value is -3.46. The molecule has 9 heteroatoms. The third-order valence-electron chi connectivity index (χ3n) is 6.59. The van der Waals surface area contributed by atoms with Gasteiger partial charge in [-0.3, -0.25) is 14.4 Å². The zero-order valence-corrected chi connectivity index (χ0v) is 21.8. The van der Waals surface area contributed by atoms with Crippen LogP contribution in [0.3, 0.4) is 0 Å². The smallest absolute Gasteiger partial charge is 0.254 e. The van der Waals surface area contributed by atoms with Crippen LogP contribution in [0.15, 0.2) is 42.5 Å². The average Bonchev–Trinajstić information content (AvgIpc) is 2.87. The van der Waals surface area contributed by atoms with Crippen molar-refractivity contribution in [3.63, 3.8) is 0 Å². The predicted molar refractivity (Wildman–Crippen MR) is 142 cm³/mol. The van der Waals surface area contributed by atoms with Crippen LogP contribution < -0.4 is 15.5 Å². The van der Waals surface area contributed by atoms with Gasteiger partial charge in [0.1, 0.15) is 5.82 Å². The van der Waals surface area contributed by atoms with Gasteiger partial charge < -0.3 is 25.3 Å². The topological polar surface area (TPSA) is 85.0 Å². The number of rotatable bonds is 5. The van der Waals surface area contributed by atoms with Crippen LogP contribution in [-0.4, -0.2) is 79.9 Å². The van der Waals surface area contributed by atoms with Crippen LogP contribution in [0.2, 0.25) is 0 Å². The first-order chi connectivity index (χ1) is 17.6. The number of nitrogens with one attached hydrogen (secondary N) is 2. The van der Waals surface area contributed by atoms with Crippen molar-refractivity contribution in [3.05, 3.63) is 59.4 Å². The summed E-state index contributed by atoms with van der Waals surface area (Å²) in [6.45, 7) is 10.9. The largest absolute Gasteiger partial charge is 0.366 e. The standard InChI is InChI=1S/C28H36FN5O3/c1-28(2,3)19-25(35)31-23-18-21(27(37)33-11-9-30-10-12-33)7-8-24(23)32-13-15-34(16-14-32)26(36)20-5-4-6-22(29)17-20/h4-8,17-18,30H,9-16,19H2,1-3H3,(H,31,35). The fraction of sp³-hybridized carbons (Fsp3) is 0.464. The molecule has 0 bridgehead atoms. The Morgan fingerprint density at radius 3 is 2.11 bits per heavy atom. The third-order valence-corrected chi connectivity index (χ3v) is 6.59. The number of nitrogens with zero attached hydrogens (tertiary/aromatic N) is 3. The number of benzene rings is 2. The molecule has 198 valence electrons. The maximum absolute atomic E-state index is 13.6. The molecule has 0 aliphatic carbocycles. The third kappa shape index (κ3) is 6.85. The molecule has 3 amide bonds. The molecule has 2 aliphatic heterocycles. The predicted octanol–water partition coefficient (Wildman–Crippen LogP) is 3.21. The highest BCUT2D eigenvalue weighted by Crippen LogP contribution is 2.30. The normalized spacial score (nSPS) is 16.5. The zero-order chi connectivity index (χ0) is 26.6. The summed E-state index contributed by atoms with van der Waals surface area (Å²) in [5.41, 5.74) is 2.11. The molecule has 0 radical (unpaired) electrons. The second-order valence-corrected chi connectivity index (χ2v) is 10.8. The van der Waals surface area contributed by atoms with Crippen LogP contribution in [-0.2, 0) is 4.79 Å². The summed E-state index contributed by atoms with van der Waals surface area (Å²) >= 11 is 0. The van der Waals surface area contributed by atoms with Crippen molar-refractivity contribution < 1.29 is 18.8 Å². The second-order valence-electron chi connectivity index (χ2n) is 10.8. The number of anilines is 2. The van der Waals surface area contributed by atoms with Crippen molar-refractivity contribution in [3.8, 4) is 0 Å². The molecule has 8 nitrogen and oxygen atoms in total. The van der Waals surface area contributed by atoms with Crippen LogP contribution in [0.4, 0.5) is 15.8 Å². The summed E-state index contributed by atoms with van der Waals surface area (Å²) in [5.74, 6) is -0.796. The van der Waals surface area contributed by atoms with E-state index in [0.29, 0.717) is 62.5 Å². The lowest BCUT2D eigenvalue weighted by molar-refractivity contribution is -0.117. The van der Waals surface area contributed by atoms with E-state index in [1.54, 1.807) is 17.0 Å². The Kier molecular flexibility index (Phi) is 8.12. The number of hydrogen-bond acceptors (Lipinski definition) is 5. The Balaban J connectivity index is 1.52. The van der Waals surface area contributed by atoms with Crippen LogP contribution in [0.25, 0.3) is 0 Å². The van der Waals surface area contributed by atoms with Crippen LogP contribution >= 0.6 is 0 Å².